The smallest absolute Gasteiger partial charge is 0.000906 e. The van der Waals surface area contributed by atoms with E-state index in [1.165, 1.54) is 77.8 Å². The molecule has 3 saturated heterocycles. The number of rotatable bonds is 3. The van der Waals surface area contributed by atoms with Crippen LogP contribution in [0.4, 0.5) is 0 Å². The highest BCUT2D eigenvalue weighted by Crippen LogP contribution is 2.23. The largest absolute Gasteiger partial charge is 0.306 e. The van der Waals surface area contributed by atoms with Crippen molar-refractivity contribution in [2.75, 3.05) is 60.4 Å². The van der Waals surface area contributed by atoms with E-state index in [0.29, 0.717) is 0 Å². The molecule has 3 rings (SSSR count). The highest BCUT2D eigenvalue weighted by atomic mass is 15.1. The van der Waals surface area contributed by atoms with Gasteiger partial charge in [-0.25, -0.2) is 0 Å². The lowest BCUT2D eigenvalue weighted by atomic mass is 9.88. The molecule has 3 heterocycles. The molecular formula is C27H57N3. The molecule has 3 nitrogen and oxygen atoms in total. The average molecular weight is 424 g/mol. The summed E-state index contributed by atoms with van der Waals surface area (Å²) in [6.07, 6.45) is 8.55. The summed E-state index contributed by atoms with van der Waals surface area (Å²) in [5.74, 6) is 5.50. The summed E-state index contributed by atoms with van der Waals surface area (Å²) >= 11 is 0. The second-order valence-electron chi connectivity index (χ2n) is 11.7. The molecule has 3 heteroatoms. The van der Waals surface area contributed by atoms with Gasteiger partial charge in [-0.15, -0.1) is 0 Å². The monoisotopic (exact) mass is 423 g/mol. The molecule has 0 amide bonds. The quantitative estimate of drug-likeness (QED) is 0.555. The van der Waals surface area contributed by atoms with Crippen molar-refractivity contribution in [1.29, 1.82) is 0 Å². The maximum Gasteiger partial charge on any atom is 0.000906 e. The van der Waals surface area contributed by atoms with Crippen LogP contribution in [0.5, 0.6) is 0 Å². The first kappa shape index (κ1) is 27.9. The van der Waals surface area contributed by atoms with Gasteiger partial charge in [0.25, 0.3) is 0 Å². The van der Waals surface area contributed by atoms with Crippen molar-refractivity contribution in [2.24, 2.45) is 35.5 Å². The van der Waals surface area contributed by atoms with E-state index >= 15 is 0 Å². The van der Waals surface area contributed by atoms with Gasteiger partial charge in [0.2, 0.25) is 0 Å². The summed E-state index contributed by atoms with van der Waals surface area (Å²) in [6.45, 7) is 21.9. The van der Waals surface area contributed by atoms with Gasteiger partial charge < -0.3 is 14.7 Å². The third-order valence-electron chi connectivity index (χ3n) is 7.81. The first-order chi connectivity index (χ1) is 14.1. The summed E-state index contributed by atoms with van der Waals surface area (Å²) in [5.41, 5.74) is 0. The first-order valence-corrected chi connectivity index (χ1v) is 13.2. The van der Waals surface area contributed by atoms with E-state index in [9.17, 15) is 0 Å². The zero-order valence-electron chi connectivity index (χ0n) is 22.3. The van der Waals surface area contributed by atoms with Gasteiger partial charge in [-0.1, -0.05) is 41.5 Å². The Kier molecular flexibility index (Phi) is 13.8. The van der Waals surface area contributed by atoms with Crippen LogP contribution >= 0.6 is 0 Å². The van der Waals surface area contributed by atoms with Crippen molar-refractivity contribution >= 4 is 0 Å². The van der Waals surface area contributed by atoms with Crippen LogP contribution in [0, 0.1) is 35.5 Å². The molecule has 0 saturated carbocycles. The Morgan fingerprint density at radius 1 is 0.467 bits per heavy atom. The van der Waals surface area contributed by atoms with Gasteiger partial charge in [-0.05, 0) is 115 Å². The Morgan fingerprint density at radius 2 is 0.700 bits per heavy atom. The second kappa shape index (κ2) is 14.9. The van der Waals surface area contributed by atoms with E-state index in [4.69, 9.17) is 0 Å². The lowest BCUT2D eigenvalue weighted by Crippen LogP contribution is -2.34. The minimum atomic E-state index is 0.878. The zero-order valence-corrected chi connectivity index (χ0v) is 22.3. The summed E-state index contributed by atoms with van der Waals surface area (Å²) in [7, 11) is 6.69. The fraction of sp³-hybridized carbons (Fsp3) is 1.00. The van der Waals surface area contributed by atoms with Crippen LogP contribution in [-0.4, -0.2) is 75.1 Å². The fourth-order valence-electron chi connectivity index (χ4n) is 5.25. The zero-order chi connectivity index (χ0) is 22.7. The van der Waals surface area contributed by atoms with E-state index in [1.807, 2.05) is 0 Å². The molecule has 0 spiro atoms. The van der Waals surface area contributed by atoms with Crippen LogP contribution in [-0.2, 0) is 0 Å². The van der Waals surface area contributed by atoms with Gasteiger partial charge in [0.05, 0.1) is 0 Å². The summed E-state index contributed by atoms with van der Waals surface area (Å²) in [5, 5.41) is 0. The highest BCUT2D eigenvalue weighted by molar-refractivity contribution is 4.74. The Balaban J connectivity index is 0.000000225. The fourth-order valence-corrected chi connectivity index (χ4v) is 5.25. The summed E-state index contributed by atoms with van der Waals surface area (Å²) in [4.78, 5) is 7.36. The molecule has 30 heavy (non-hydrogen) atoms. The molecule has 0 aromatic heterocycles. The SMILES string of the molecule is CC(C)C1CCCN(C)C1.CC(C)C1CCCN(C)C1.CC(C)[C@@H]1CCCN(C)C1. The van der Waals surface area contributed by atoms with E-state index in [1.54, 1.807) is 0 Å². The summed E-state index contributed by atoms with van der Waals surface area (Å²) in [6, 6.07) is 0. The van der Waals surface area contributed by atoms with E-state index in [2.05, 4.69) is 77.4 Å². The molecule has 0 aromatic carbocycles. The standard InChI is InChI=1S/3C9H19N/c3*1-8(2)9-5-4-6-10(3)7-9/h3*8-9H,4-7H2,1-3H3/t9-;;/m1../s1. The van der Waals surface area contributed by atoms with Gasteiger partial charge in [-0.3, -0.25) is 0 Å². The van der Waals surface area contributed by atoms with Crippen LogP contribution in [0.3, 0.4) is 0 Å². The average Bonchev–Trinajstić information content (AvgIpc) is 2.69. The van der Waals surface area contributed by atoms with E-state index in [0.717, 1.165) is 35.5 Å². The van der Waals surface area contributed by atoms with Crippen LogP contribution in [0.1, 0.15) is 80.1 Å². The number of likely N-dealkylation sites (tertiary alicyclic amines) is 3. The van der Waals surface area contributed by atoms with Gasteiger partial charge in [0.15, 0.2) is 0 Å². The van der Waals surface area contributed by atoms with E-state index < -0.39 is 0 Å². The Hall–Kier alpha value is -0.120. The van der Waals surface area contributed by atoms with Crippen LogP contribution < -0.4 is 0 Å². The van der Waals surface area contributed by atoms with E-state index in [-0.39, 0.29) is 0 Å². The molecular weight excluding hydrogens is 366 g/mol. The lowest BCUT2D eigenvalue weighted by Gasteiger charge is -2.31. The molecule has 180 valence electrons. The highest BCUT2D eigenvalue weighted by Gasteiger charge is 2.20. The van der Waals surface area contributed by atoms with Gasteiger partial charge in [0.1, 0.15) is 0 Å². The van der Waals surface area contributed by atoms with Crippen molar-refractivity contribution < 1.29 is 0 Å². The normalized spacial score (nSPS) is 29.4. The van der Waals surface area contributed by atoms with Crippen molar-refractivity contribution in [3.05, 3.63) is 0 Å². The minimum absolute atomic E-state index is 0.878. The molecule has 2 unspecified atom stereocenters. The topological polar surface area (TPSA) is 9.72 Å². The minimum Gasteiger partial charge on any atom is -0.306 e. The first-order valence-electron chi connectivity index (χ1n) is 13.2. The lowest BCUT2D eigenvalue weighted by molar-refractivity contribution is 0.173. The Bertz CT molecular complexity index is 359. The van der Waals surface area contributed by atoms with Crippen LogP contribution in [0.25, 0.3) is 0 Å². The predicted molar refractivity (Wildman–Crippen MR) is 135 cm³/mol. The number of hydrogen-bond donors (Lipinski definition) is 0. The number of hydrogen-bond acceptors (Lipinski definition) is 3. The molecule has 0 aromatic rings. The van der Waals surface area contributed by atoms with Crippen molar-refractivity contribution in [3.8, 4) is 0 Å². The van der Waals surface area contributed by atoms with Gasteiger partial charge in [-0.2, -0.15) is 0 Å². The summed E-state index contributed by atoms with van der Waals surface area (Å²) < 4.78 is 0. The Labute approximate surface area is 191 Å². The molecule has 3 aliphatic rings. The molecule has 0 aliphatic carbocycles. The van der Waals surface area contributed by atoms with Crippen molar-refractivity contribution in [3.63, 3.8) is 0 Å². The molecule has 3 fully saturated rings. The molecule has 3 atom stereocenters. The molecule has 0 N–H and O–H groups in total. The van der Waals surface area contributed by atoms with Crippen LogP contribution in [0.15, 0.2) is 0 Å². The maximum atomic E-state index is 2.45. The maximum absolute atomic E-state index is 2.45. The Morgan fingerprint density at radius 3 is 0.833 bits per heavy atom. The van der Waals surface area contributed by atoms with Crippen molar-refractivity contribution in [1.82, 2.24) is 14.7 Å². The molecule has 3 aliphatic heterocycles. The molecule has 0 bridgehead atoms. The number of nitrogens with zero attached hydrogens (tertiary/aromatic N) is 3. The third-order valence-corrected chi connectivity index (χ3v) is 7.81. The number of piperidine rings is 3. The molecule has 0 radical (unpaired) electrons. The van der Waals surface area contributed by atoms with Crippen LogP contribution in [0.2, 0.25) is 0 Å². The van der Waals surface area contributed by atoms with Crippen molar-refractivity contribution in [2.45, 2.75) is 80.1 Å². The second-order valence-corrected chi connectivity index (χ2v) is 11.7. The predicted octanol–water partition coefficient (Wildman–Crippen LogP) is 5.95. The van der Waals surface area contributed by atoms with Gasteiger partial charge >= 0.3 is 0 Å². The third kappa shape index (κ3) is 11.5. The van der Waals surface area contributed by atoms with Gasteiger partial charge in [0, 0.05) is 19.6 Å².